The number of amides is 1. The van der Waals surface area contributed by atoms with E-state index in [0.717, 1.165) is 42.1 Å². The fourth-order valence-corrected chi connectivity index (χ4v) is 3.99. The third kappa shape index (κ3) is 3.76. The Bertz CT molecular complexity index is 958. The minimum absolute atomic E-state index is 0.0591. The minimum Gasteiger partial charge on any atom is -0.396 e. The van der Waals surface area contributed by atoms with E-state index in [1.165, 1.54) is 0 Å². The maximum atomic E-state index is 13.6. The van der Waals surface area contributed by atoms with E-state index >= 15 is 0 Å². The molecule has 1 aromatic heterocycles. The summed E-state index contributed by atoms with van der Waals surface area (Å²) in [7, 11) is 0. The van der Waals surface area contributed by atoms with Crippen molar-refractivity contribution >= 4 is 16.8 Å². The molecular weight excluding hydrogens is 350 g/mol. The summed E-state index contributed by atoms with van der Waals surface area (Å²) in [6, 6.07) is 17.5. The van der Waals surface area contributed by atoms with E-state index < -0.39 is 0 Å². The zero-order valence-electron chi connectivity index (χ0n) is 15.9. The van der Waals surface area contributed by atoms with Crippen LogP contribution in [0.25, 0.3) is 22.3 Å². The Morgan fingerprint density at radius 1 is 1.00 bits per heavy atom. The lowest BCUT2D eigenvalue weighted by Gasteiger charge is -2.29. The first-order chi connectivity index (χ1) is 13.8. The molecule has 1 atom stereocenters. The quantitative estimate of drug-likeness (QED) is 0.747. The number of aliphatic hydroxyl groups excluding tert-OH is 1. The van der Waals surface area contributed by atoms with Crippen molar-refractivity contribution in [2.24, 2.45) is 0 Å². The molecule has 5 heteroatoms. The number of hydrogen-bond donors (Lipinski definition) is 1. The van der Waals surface area contributed by atoms with Crippen LogP contribution in [0.1, 0.15) is 42.6 Å². The number of aromatic nitrogens is 2. The van der Waals surface area contributed by atoms with Crippen molar-refractivity contribution in [2.45, 2.75) is 38.1 Å². The molecule has 1 N–H and O–H groups in total. The van der Waals surface area contributed by atoms with E-state index in [2.05, 4.69) is 4.98 Å². The summed E-state index contributed by atoms with van der Waals surface area (Å²) in [4.78, 5) is 24.9. The maximum Gasteiger partial charge on any atom is 0.273 e. The number of aliphatic hydroxyl groups is 1. The molecule has 0 bridgehead atoms. The Kier molecular flexibility index (Phi) is 5.63. The van der Waals surface area contributed by atoms with Crippen LogP contribution in [0.3, 0.4) is 0 Å². The van der Waals surface area contributed by atoms with Crippen molar-refractivity contribution in [3.63, 3.8) is 0 Å². The molecule has 3 aromatic rings. The number of nitrogens with zero attached hydrogens (tertiary/aromatic N) is 3. The topological polar surface area (TPSA) is 66.3 Å². The van der Waals surface area contributed by atoms with E-state index in [0.29, 0.717) is 24.5 Å². The first kappa shape index (κ1) is 18.6. The summed E-state index contributed by atoms with van der Waals surface area (Å²) in [5.74, 6) is 0.507. The summed E-state index contributed by atoms with van der Waals surface area (Å²) in [6.45, 7) is 0.802. The van der Waals surface area contributed by atoms with Gasteiger partial charge in [0, 0.05) is 30.1 Å². The Balaban J connectivity index is 1.81. The van der Waals surface area contributed by atoms with Crippen LogP contribution >= 0.6 is 0 Å². The van der Waals surface area contributed by atoms with Crippen LogP contribution in [0, 0.1) is 0 Å². The molecule has 1 unspecified atom stereocenters. The molecule has 0 saturated carbocycles. The van der Waals surface area contributed by atoms with Gasteiger partial charge in [-0.05, 0) is 25.3 Å². The van der Waals surface area contributed by atoms with Crippen molar-refractivity contribution in [3.8, 4) is 11.4 Å². The number of fused-ring (bicyclic) bond motifs is 1. The second-order valence-electron chi connectivity index (χ2n) is 7.29. The van der Waals surface area contributed by atoms with Gasteiger partial charge in [0.1, 0.15) is 5.69 Å². The molecule has 1 fully saturated rings. The first-order valence-electron chi connectivity index (χ1n) is 10.0. The molecule has 0 radical (unpaired) electrons. The van der Waals surface area contributed by atoms with Crippen LogP contribution in [-0.4, -0.2) is 45.1 Å². The van der Waals surface area contributed by atoms with Gasteiger partial charge in [-0.2, -0.15) is 0 Å². The average Bonchev–Trinajstić information content (AvgIpc) is 2.99. The van der Waals surface area contributed by atoms with Gasteiger partial charge >= 0.3 is 0 Å². The van der Waals surface area contributed by atoms with Gasteiger partial charge in [-0.15, -0.1) is 0 Å². The van der Waals surface area contributed by atoms with Crippen LogP contribution in [0.15, 0.2) is 54.6 Å². The monoisotopic (exact) mass is 375 g/mol. The summed E-state index contributed by atoms with van der Waals surface area (Å²) in [6.07, 6.45) is 4.74. The third-order valence-electron chi connectivity index (χ3n) is 5.44. The molecular formula is C23H25N3O2. The predicted octanol–water partition coefficient (Wildman–Crippen LogP) is 4.06. The number of carbonyl (C=O) groups excluding carboxylic acids is 1. The second-order valence-corrected chi connectivity index (χ2v) is 7.29. The van der Waals surface area contributed by atoms with Gasteiger partial charge in [-0.1, -0.05) is 61.4 Å². The van der Waals surface area contributed by atoms with Gasteiger partial charge < -0.3 is 10.0 Å². The minimum atomic E-state index is -0.0591. The lowest BCUT2D eigenvalue weighted by molar-refractivity contribution is 0.0650. The van der Waals surface area contributed by atoms with Crippen LogP contribution in [0.2, 0.25) is 0 Å². The highest BCUT2D eigenvalue weighted by molar-refractivity contribution is 6.05. The Labute approximate surface area is 165 Å². The molecule has 28 heavy (non-hydrogen) atoms. The lowest BCUT2D eigenvalue weighted by atomic mass is 10.1. The van der Waals surface area contributed by atoms with Crippen LogP contribution in [0.4, 0.5) is 0 Å². The van der Waals surface area contributed by atoms with Crippen LogP contribution < -0.4 is 0 Å². The van der Waals surface area contributed by atoms with Gasteiger partial charge in [0.25, 0.3) is 5.91 Å². The molecule has 144 valence electrons. The van der Waals surface area contributed by atoms with Crippen molar-refractivity contribution < 1.29 is 9.90 Å². The summed E-state index contributed by atoms with van der Waals surface area (Å²) in [5, 5.41) is 10.3. The summed E-state index contributed by atoms with van der Waals surface area (Å²) >= 11 is 0. The largest absolute Gasteiger partial charge is 0.396 e. The number of carbonyl (C=O) groups is 1. The van der Waals surface area contributed by atoms with Crippen molar-refractivity contribution in [1.29, 1.82) is 0 Å². The molecule has 2 aromatic carbocycles. The van der Waals surface area contributed by atoms with Crippen LogP contribution in [-0.2, 0) is 0 Å². The Morgan fingerprint density at radius 2 is 1.79 bits per heavy atom. The van der Waals surface area contributed by atoms with Crippen LogP contribution in [0.5, 0.6) is 0 Å². The van der Waals surface area contributed by atoms with E-state index in [4.69, 9.17) is 4.98 Å². The highest BCUT2D eigenvalue weighted by Crippen LogP contribution is 2.26. The molecule has 5 nitrogen and oxygen atoms in total. The van der Waals surface area contributed by atoms with Gasteiger partial charge in [0.15, 0.2) is 5.82 Å². The average molecular weight is 375 g/mol. The van der Waals surface area contributed by atoms with Gasteiger partial charge in [-0.3, -0.25) is 4.79 Å². The normalized spacial score (nSPS) is 17.5. The molecule has 0 aliphatic carbocycles. The Hall–Kier alpha value is -2.79. The second kappa shape index (κ2) is 8.48. The fourth-order valence-electron chi connectivity index (χ4n) is 3.99. The third-order valence-corrected chi connectivity index (χ3v) is 5.44. The van der Waals surface area contributed by atoms with E-state index in [9.17, 15) is 9.90 Å². The SMILES string of the molecule is O=C(c1nc(-c2ccccc2)nc2ccccc12)N1CCCCCC1CCO. The molecule has 1 saturated heterocycles. The summed E-state index contributed by atoms with van der Waals surface area (Å²) in [5.41, 5.74) is 2.12. The van der Waals surface area contributed by atoms with E-state index in [1.807, 2.05) is 59.5 Å². The fraction of sp³-hybridized carbons (Fsp3) is 0.348. The van der Waals surface area contributed by atoms with Crippen molar-refractivity contribution in [3.05, 3.63) is 60.3 Å². The molecule has 1 aliphatic rings. The number of likely N-dealkylation sites (tertiary alicyclic amines) is 1. The molecule has 4 rings (SSSR count). The maximum absolute atomic E-state index is 13.6. The van der Waals surface area contributed by atoms with Crippen molar-refractivity contribution in [2.75, 3.05) is 13.2 Å². The van der Waals surface area contributed by atoms with E-state index in [-0.39, 0.29) is 18.6 Å². The summed E-state index contributed by atoms with van der Waals surface area (Å²) < 4.78 is 0. The highest BCUT2D eigenvalue weighted by Gasteiger charge is 2.28. The molecule has 2 heterocycles. The highest BCUT2D eigenvalue weighted by atomic mass is 16.3. The number of rotatable bonds is 4. The smallest absolute Gasteiger partial charge is 0.273 e. The van der Waals surface area contributed by atoms with E-state index in [1.54, 1.807) is 0 Å². The van der Waals surface area contributed by atoms with Gasteiger partial charge in [0.05, 0.1) is 5.52 Å². The van der Waals surface area contributed by atoms with Crippen molar-refractivity contribution in [1.82, 2.24) is 14.9 Å². The number of hydrogen-bond acceptors (Lipinski definition) is 4. The predicted molar refractivity (Wildman–Crippen MR) is 110 cm³/mol. The lowest BCUT2D eigenvalue weighted by Crippen LogP contribution is -2.41. The Morgan fingerprint density at radius 3 is 2.61 bits per heavy atom. The standard InChI is InChI=1S/C23H25N3O2/c27-16-14-18-11-5-2-8-15-26(18)23(28)21-19-12-6-7-13-20(19)24-22(25-21)17-9-3-1-4-10-17/h1,3-4,6-7,9-10,12-13,18,27H,2,5,8,11,14-16H2. The molecule has 1 amide bonds. The zero-order chi connectivity index (χ0) is 19.3. The first-order valence-corrected chi connectivity index (χ1v) is 10.0. The number of benzene rings is 2. The van der Waals surface area contributed by atoms with Gasteiger partial charge in [-0.25, -0.2) is 9.97 Å². The molecule has 0 spiro atoms. The molecule has 1 aliphatic heterocycles. The van der Waals surface area contributed by atoms with Gasteiger partial charge in [0.2, 0.25) is 0 Å². The number of para-hydroxylation sites is 1. The zero-order valence-corrected chi connectivity index (χ0v) is 15.9.